The van der Waals surface area contributed by atoms with Crippen molar-refractivity contribution in [2.75, 3.05) is 6.54 Å². The van der Waals surface area contributed by atoms with Crippen LogP contribution in [0.1, 0.15) is 22.0 Å². The summed E-state index contributed by atoms with van der Waals surface area (Å²) in [5.74, 6) is -0.180. The smallest absolute Gasteiger partial charge is 0.251 e. The quantitative estimate of drug-likeness (QED) is 0.775. The Labute approximate surface area is 129 Å². The molecule has 0 bridgehead atoms. The van der Waals surface area contributed by atoms with E-state index in [9.17, 15) is 9.90 Å². The van der Waals surface area contributed by atoms with Crippen LogP contribution in [-0.4, -0.2) is 17.6 Å². The van der Waals surface area contributed by atoms with Gasteiger partial charge in [-0.25, -0.2) is 0 Å². The molecular weight excluding hydrogens is 274 g/mol. The summed E-state index contributed by atoms with van der Waals surface area (Å²) in [5.41, 5.74) is 1.39. The maximum atomic E-state index is 12.0. The molecular formula is C19H17NO2. The third-order valence-electron chi connectivity index (χ3n) is 3.65. The predicted molar refractivity (Wildman–Crippen MR) is 87.7 cm³/mol. The summed E-state index contributed by atoms with van der Waals surface area (Å²) in [6, 6.07) is 22.8. The molecule has 3 nitrogen and oxygen atoms in total. The number of amides is 1. The molecule has 0 aromatic heterocycles. The summed E-state index contributed by atoms with van der Waals surface area (Å²) >= 11 is 0. The SMILES string of the molecule is O=C(NCC(O)c1ccc2ccccc2c1)c1ccccc1. The molecule has 0 aliphatic rings. The predicted octanol–water partition coefficient (Wildman–Crippen LogP) is 3.30. The van der Waals surface area contributed by atoms with Crippen molar-refractivity contribution < 1.29 is 9.90 Å². The van der Waals surface area contributed by atoms with Crippen LogP contribution in [0.15, 0.2) is 72.8 Å². The maximum absolute atomic E-state index is 12.0. The fourth-order valence-corrected chi connectivity index (χ4v) is 2.41. The lowest BCUT2D eigenvalue weighted by atomic mass is 10.0. The van der Waals surface area contributed by atoms with Gasteiger partial charge in [0.1, 0.15) is 0 Å². The summed E-state index contributed by atoms with van der Waals surface area (Å²) in [7, 11) is 0. The Hall–Kier alpha value is -2.65. The van der Waals surface area contributed by atoms with Gasteiger partial charge >= 0.3 is 0 Å². The standard InChI is InChI=1S/C19H17NO2/c21-18(13-20-19(22)15-7-2-1-3-8-15)17-11-10-14-6-4-5-9-16(14)12-17/h1-12,18,21H,13H2,(H,20,22). The highest BCUT2D eigenvalue weighted by Crippen LogP contribution is 2.20. The molecule has 0 radical (unpaired) electrons. The Morgan fingerprint density at radius 3 is 2.36 bits per heavy atom. The van der Waals surface area contributed by atoms with Crippen molar-refractivity contribution in [3.8, 4) is 0 Å². The second-order valence-electron chi connectivity index (χ2n) is 5.20. The minimum Gasteiger partial charge on any atom is -0.387 e. The van der Waals surface area contributed by atoms with E-state index in [1.807, 2.05) is 60.7 Å². The Morgan fingerprint density at radius 1 is 0.909 bits per heavy atom. The van der Waals surface area contributed by atoms with Gasteiger partial charge in [-0.1, -0.05) is 54.6 Å². The van der Waals surface area contributed by atoms with Crippen molar-refractivity contribution in [3.05, 3.63) is 83.9 Å². The van der Waals surface area contributed by atoms with E-state index in [0.29, 0.717) is 5.56 Å². The van der Waals surface area contributed by atoms with Crippen LogP contribution in [0, 0.1) is 0 Å². The van der Waals surface area contributed by atoms with Crippen LogP contribution in [0.2, 0.25) is 0 Å². The minimum absolute atomic E-state index is 0.180. The first-order valence-electron chi connectivity index (χ1n) is 7.24. The van der Waals surface area contributed by atoms with Gasteiger partial charge in [0.2, 0.25) is 0 Å². The van der Waals surface area contributed by atoms with Gasteiger partial charge in [-0.05, 0) is 34.5 Å². The highest BCUT2D eigenvalue weighted by Gasteiger charge is 2.11. The number of hydrogen-bond acceptors (Lipinski definition) is 2. The highest BCUT2D eigenvalue weighted by molar-refractivity contribution is 5.94. The monoisotopic (exact) mass is 291 g/mol. The molecule has 0 spiro atoms. The van der Waals surface area contributed by atoms with E-state index in [4.69, 9.17) is 0 Å². The Morgan fingerprint density at radius 2 is 1.59 bits per heavy atom. The number of benzene rings is 3. The fourth-order valence-electron chi connectivity index (χ4n) is 2.41. The molecule has 3 aromatic carbocycles. The average Bonchev–Trinajstić information content (AvgIpc) is 2.59. The van der Waals surface area contributed by atoms with Crippen LogP contribution in [0.4, 0.5) is 0 Å². The zero-order valence-electron chi connectivity index (χ0n) is 12.1. The molecule has 1 amide bonds. The number of rotatable bonds is 4. The van der Waals surface area contributed by atoms with E-state index in [-0.39, 0.29) is 12.5 Å². The number of aliphatic hydroxyl groups is 1. The second kappa shape index (κ2) is 6.41. The van der Waals surface area contributed by atoms with Gasteiger partial charge in [0.25, 0.3) is 5.91 Å². The molecule has 22 heavy (non-hydrogen) atoms. The number of carbonyl (C=O) groups excluding carboxylic acids is 1. The fraction of sp³-hybridized carbons (Fsp3) is 0.105. The van der Waals surface area contributed by atoms with Crippen LogP contribution in [0.3, 0.4) is 0 Å². The van der Waals surface area contributed by atoms with Gasteiger partial charge in [0, 0.05) is 12.1 Å². The van der Waals surface area contributed by atoms with Gasteiger partial charge < -0.3 is 10.4 Å². The van der Waals surface area contributed by atoms with Crippen molar-refractivity contribution in [1.82, 2.24) is 5.32 Å². The molecule has 2 N–H and O–H groups in total. The van der Waals surface area contributed by atoms with Crippen LogP contribution in [0.5, 0.6) is 0 Å². The molecule has 3 heteroatoms. The Bertz CT molecular complexity index is 784. The lowest BCUT2D eigenvalue weighted by molar-refractivity contribution is 0.0916. The topological polar surface area (TPSA) is 49.3 Å². The first-order chi connectivity index (χ1) is 10.7. The van der Waals surface area contributed by atoms with Crippen LogP contribution in [-0.2, 0) is 0 Å². The van der Waals surface area contributed by atoms with Gasteiger partial charge in [0.15, 0.2) is 0 Å². The third kappa shape index (κ3) is 3.15. The van der Waals surface area contributed by atoms with E-state index in [0.717, 1.165) is 16.3 Å². The van der Waals surface area contributed by atoms with Crippen LogP contribution < -0.4 is 5.32 Å². The maximum Gasteiger partial charge on any atom is 0.251 e. The molecule has 3 aromatic rings. The molecule has 1 unspecified atom stereocenters. The normalized spacial score (nSPS) is 12.0. The molecule has 0 saturated heterocycles. The molecule has 1 atom stereocenters. The van der Waals surface area contributed by atoms with Crippen molar-refractivity contribution in [2.45, 2.75) is 6.10 Å². The van der Waals surface area contributed by atoms with Crippen LogP contribution >= 0.6 is 0 Å². The van der Waals surface area contributed by atoms with Crippen molar-refractivity contribution in [1.29, 1.82) is 0 Å². The highest BCUT2D eigenvalue weighted by atomic mass is 16.3. The second-order valence-corrected chi connectivity index (χ2v) is 5.20. The lowest BCUT2D eigenvalue weighted by Gasteiger charge is -2.13. The van der Waals surface area contributed by atoms with Gasteiger partial charge in [-0.2, -0.15) is 0 Å². The van der Waals surface area contributed by atoms with Crippen molar-refractivity contribution in [3.63, 3.8) is 0 Å². The first kappa shape index (κ1) is 14.3. The largest absolute Gasteiger partial charge is 0.387 e. The number of hydrogen-bond donors (Lipinski definition) is 2. The van der Waals surface area contributed by atoms with Crippen molar-refractivity contribution >= 4 is 16.7 Å². The van der Waals surface area contributed by atoms with Crippen LogP contribution in [0.25, 0.3) is 10.8 Å². The van der Waals surface area contributed by atoms with E-state index in [2.05, 4.69) is 5.32 Å². The summed E-state index contributed by atoms with van der Waals surface area (Å²) in [4.78, 5) is 12.0. The molecule has 3 rings (SSSR count). The zero-order chi connectivity index (χ0) is 15.4. The Balaban J connectivity index is 1.68. The van der Waals surface area contributed by atoms with E-state index in [1.165, 1.54) is 0 Å². The van der Waals surface area contributed by atoms with Gasteiger partial charge in [-0.3, -0.25) is 4.79 Å². The van der Waals surface area contributed by atoms with Gasteiger partial charge in [-0.15, -0.1) is 0 Å². The molecule has 0 saturated carbocycles. The molecule has 0 aliphatic heterocycles. The number of carbonyl (C=O) groups is 1. The number of nitrogens with one attached hydrogen (secondary N) is 1. The van der Waals surface area contributed by atoms with Gasteiger partial charge in [0.05, 0.1) is 6.10 Å². The Kier molecular flexibility index (Phi) is 4.17. The third-order valence-corrected chi connectivity index (χ3v) is 3.65. The molecule has 0 fully saturated rings. The summed E-state index contributed by atoms with van der Waals surface area (Å²) < 4.78 is 0. The zero-order valence-corrected chi connectivity index (χ0v) is 12.1. The lowest BCUT2D eigenvalue weighted by Crippen LogP contribution is -2.28. The molecule has 0 heterocycles. The number of fused-ring (bicyclic) bond motifs is 1. The van der Waals surface area contributed by atoms with Crippen molar-refractivity contribution in [2.24, 2.45) is 0 Å². The van der Waals surface area contributed by atoms with E-state index >= 15 is 0 Å². The first-order valence-corrected chi connectivity index (χ1v) is 7.24. The minimum atomic E-state index is -0.725. The van der Waals surface area contributed by atoms with E-state index in [1.54, 1.807) is 12.1 Å². The average molecular weight is 291 g/mol. The summed E-state index contributed by atoms with van der Waals surface area (Å²) in [6.07, 6.45) is -0.725. The number of aliphatic hydroxyl groups excluding tert-OH is 1. The summed E-state index contributed by atoms with van der Waals surface area (Å²) in [6.45, 7) is 0.187. The molecule has 110 valence electrons. The molecule has 0 aliphatic carbocycles. The summed E-state index contributed by atoms with van der Waals surface area (Å²) in [5, 5.41) is 15.2. The van der Waals surface area contributed by atoms with E-state index < -0.39 is 6.10 Å².